The molecule has 0 aromatic heterocycles. The number of carbonyl (C=O) groups excluding carboxylic acids is 3. The van der Waals surface area contributed by atoms with Crippen molar-refractivity contribution in [3.05, 3.63) is 70.5 Å². The van der Waals surface area contributed by atoms with Crippen molar-refractivity contribution in [2.24, 2.45) is 0 Å². The smallest absolute Gasteiger partial charge is 0.261 e. The zero-order valence-corrected chi connectivity index (χ0v) is 16.0. The van der Waals surface area contributed by atoms with Crippen LogP contribution in [0.3, 0.4) is 0 Å². The Morgan fingerprint density at radius 2 is 1.71 bits per heavy atom. The van der Waals surface area contributed by atoms with Gasteiger partial charge in [0.1, 0.15) is 5.82 Å². The topological polar surface area (TPSA) is 69.7 Å². The number of likely N-dealkylation sites (N-methyl/N-ethyl adjacent to an activating group) is 1. The molecule has 6 nitrogen and oxygen atoms in total. The highest BCUT2D eigenvalue weighted by molar-refractivity contribution is 6.21. The van der Waals surface area contributed by atoms with Gasteiger partial charge in [-0.2, -0.15) is 0 Å². The number of imide groups is 1. The number of benzene rings is 2. The molecule has 0 aliphatic carbocycles. The predicted molar refractivity (Wildman–Crippen MR) is 103 cm³/mol. The summed E-state index contributed by atoms with van der Waals surface area (Å²) in [6.45, 7) is 0.193. The van der Waals surface area contributed by atoms with Crippen molar-refractivity contribution < 1.29 is 18.8 Å². The summed E-state index contributed by atoms with van der Waals surface area (Å²) < 4.78 is 14.3. The van der Waals surface area contributed by atoms with E-state index in [0.29, 0.717) is 23.1 Å². The first-order chi connectivity index (χ1) is 13.3. The van der Waals surface area contributed by atoms with E-state index in [1.54, 1.807) is 30.3 Å². The molecule has 28 heavy (non-hydrogen) atoms. The Bertz CT molecular complexity index is 907. The number of hydrogen-bond donors (Lipinski definition) is 1. The van der Waals surface area contributed by atoms with Gasteiger partial charge in [-0.15, -0.1) is 0 Å². The fraction of sp³-hybridized carbons (Fsp3) is 0.286. The average Bonchev–Trinajstić information content (AvgIpc) is 2.92. The van der Waals surface area contributed by atoms with Crippen LogP contribution in [0.2, 0.25) is 0 Å². The van der Waals surface area contributed by atoms with Gasteiger partial charge in [0, 0.05) is 19.6 Å². The number of amides is 3. The van der Waals surface area contributed by atoms with Gasteiger partial charge < -0.3 is 10.2 Å². The van der Waals surface area contributed by atoms with Gasteiger partial charge in [-0.1, -0.05) is 18.2 Å². The first-order valence-electron chi connectivity index (χ1n) is 8.95. The molecule has 0 fully saturated rings. The van der Waals surface area contributed by atoms with Crippen LogP contribution < -0.4 is 5.32 Å². The number of rotatable bonds is 6. The molecule has 1 aliphatic heterocycles. The fourth-order valence-electron chi connectivity index (χ4n) is 3.30. The summed E-state index contributed by atoms with van der Waals surface area (Å²) in [5.74, 6) is -1.71. The molecule has 7 heteroatoms. The van der Waals surface area contributed by atoms with Gasteiger partial charge in [-0.25, -0.2) is 4.39 Å². The molecule has 0 radical (unpaired) electrons. The van der Waals surface area contributed by atoms with Gasteiger partial charge in [0.15, 0.2) is 0 Å². The molecule has 1 N–H and O–H groups in total. The van der Waals surface area contributed by atoms with Gasteiger partial charge in [-0.3, -0.25) is 19.3 Å². The van der Waals surface area contributed by atoms with E-state index in [9.17, 15) is 18.8 Å². The van der Waals surface area contributed by atoms with E-state index in [2.05, 4.69) is 5.32 Å². The van der Waals surface area contributed by atoms with Crippen LogP contribution in [0.15, 0.2) is 42.5 Å². The summed E-state index contributed by atoms with van der Waals surface area (Å²) in [5.41, 5.74) is 1.48. The number of hydrogen-bond acceptors (Lipinski definition) is 4. The van der Waals surface area contributed by atoms with Crippen molar-refractivity contribution in [1.82, 2.24) is 15.1 Å². The van der Waals surface area contributed by atoms with Crippen molar-refractivity contribution in [2.45, 2.75) is 12.5 Å². The molecule has 2 aromatic carbocycles. The standard InChI is InChI=1S/C21H22FN3O3/c1-23-19(26)17-9-8-13(11-18(17)22)10-14(24(2)3)12-25-20(27)15-6-4-5-7-16(15)21(25)28/h4-9,11,14H,10,12H2,1-3H3,(H,23,26). The van der Waals surface area contributed by atoms with Crippen LogP contribution in [-0.4, -0.2) is 61.3 Å². The second-order valence-corrected chi connectivity index (χ2v) is 6.98. The molecule has 1 aliphatic rings. The molecule has 0 saturated carbocycles. The summed E-state index contributed by atoms with van der Waals surface area (Å²) in [5, 5.41) is 2.40. The van der Waals surface area contributed by atoms with Gasteiger partial charge >= 0.3 is 0 Å². The largest absolute Gasteiger partial charge is 0.355 e. The Labute approximate surface area is 162 Å². The summed E-state index contributed by atoms with van der Waals surface area (Å²) in [7, 11) is 5.13. The zero-order chi connectivity index (χ0) is 20.4. The molecule has 3 amide bonds. The van der Waals surface area contributed by atoms with Crippen LogP contribution in [-0.2, 0) is 6.42 Å². The maximum Gasteiger partial charge on any atom is 0.261 e. The predicted octanol–water partition coefficient (Wildman–Crippen LogP) is 1.95. The highest BCUT2D eigenvalue weighted by Crippen LogP contribution is 2.24. The molecule has 1 atom stereocenters. The highest BCUT2D eigenvalue weighted by atomic mass is 19.1. The molecular formula is C21H22FN3O3. The third-order valence-electron chi connectivity index (χ3n) is 4.98. The number of nitrogens with one attached hydrogen (secondary N) is 1. The van der Waals surface area contributed by atoms with Gasteiger partial charge in [0.2, 0.25) is 0 Å². The molecule has 0 bridgehead atoms. The zero-order valence-electron chi connectivity index (χ0n) is 16.0. The second kappa shape index (κ2) is 7.90. The van der Waals surface area contributed by atoms with Crippen LogP contribution >= 0.6 is 0 Å². The van der Waals surface area contributed by atoms with Gasteiger partial charge in [-0.05, 0) is 50.3 Å². The molecule has 0 spiro atoms. The summed E-state index contributed by atoms with van der Waals surface area (Å²) >= 11 is 0. The highest BCUT2D eigenvalue weighted by Gasteiger charge is 2.36. The third-order valence-corrected chi connectivity index (χ3v) is 4.98. The second-order valence-electron chi connectivity index (χ2n) is 6.98. The van der Waals surface area contributed by atoms with Crippen molar-refractivity contribution in [1.29, 1.82) is 0 Å². The van der Waals surface area contributed by atoms with Gasteiger partial charge in [0.25, 0.3) is 17.7 Å². The quantitative estimate of drug-likeness (QED) is 0.775. The van der Waals surface area contributed by atoms with E-state index < -0.39 is 11.7 Å². The maximum atomic E-state index is 14.3. The lowest BCUT2D eigenvalue weighted by Crippen LogP contribution is -2.44. The minimum Gasteiger partial charge on any atom is -0.355 e. The van der Waals surface area contributed by atoms with Crippen molar-refractivity contribution in [3.63, 3.8) is 0 Å². The summed E-state index contributed by atoms with van der Waals surface area (Å²) in [6.07, 6.45) is 0.422. The summed E-state index contributed by atoms with van der Waals surface area (Å²) in [4.78, 5) is 40.0. The van der Waals surface area contributed by atoms with Crippen molar-refractivity contribution in [2.75, 3.05) is 27.7 Å². The molecule has 0 saturated heterocycles. The Hall–Kier alpha value is -3.06. The number of fused-ring (bicyclic) bond motifs is 1. The van der Waals surface area contributed by atoms with E-state index in [1.807, 2.05) is 19.0 Å². The average molecular weight is 383 g/mol. The van der Waals surface area contributed by atoms with E-state index >= 15 is 0 Å². The van der Waals surface area contributed by atoms with E-state index in [1.165, 1.54) is 24.1 Å². The van der Waals surface area contributed by atoms with E-state index in [4.69, 9.17) is 0 Å². The molecule has 3 rings (SSSR count). The third kappa shape index (κ3) is 3.66. The minimum absolute atomic E-state index is 0.0204. The van der Waals surface area contributed by atoms with Crippen LogP contribution in [0.4, 0.5) is 4.39 Å². The SMILES string of the molecule is CNC(=O)c1ccc(CC(CN2C(=O)c3ccccc3C2=O)N(C)C)cc1F. The molecule has 146 valence electrons. The van der Waals surface area contributed by atoms with Crippen molar-refractivity contribution in [3.8, 4) is 0 Å². The molecule has 1 heterocycles. The number of halogens is 1. The number of carbonyl (C=O) groups is 3. The first kappa shape index (κ1) is 19.7. The lowest BCUT2D eigenvalue weighted by molar-refractivity contribution is 0.0611. The van der Waals surface area contributed by atoms with Crippen LogP contribution in [0.1, 0.15) is 36.6 Å². The Morgan fingerprint density at radius 1 is 1.11 bits per heavy atom. The van der Waals surface area contributed by atoms with Gasteiger partial charge in [0.05, 0.1) is 16.7 Å². The Kier molecular flexibility index (Phi) is 5.56. The lowest BCUT2D eigenvalue weighted by Gasteiger charge is -2.28. The Balaban J connectivity index is 1.79. The fourth-order valence-corrected chi connectivity index (χ4v) is 3.30. The monoisotopic (exact) mass is 383 g/mol. The van der Waals surface area contributed by atoms with Crippen LogP contribution in [0, 0.1) is 5.82 Å². The van der Waals surface area contributed by atoms with E-state index in [-0.39, 0.29) is 30.0 Å². The van der Waals surface area contributed by atoms with Crippen LogP contribution in [0.25, 0.3) is 0 Å². The Morgan fingerprint density at radius 3 is 2.21 bits per heavy atom. The number of nitrogens with zero attached hydrogens (tertiary/aromatic N) is 2. The molecular weight excluding hydrogens is 361 g/mol. The van der Waals surface area contributed by atoms with Crippen molar-refractivity contribution >= 4 is 17.7 Å². The molecule has 1 unspecified atom stereocenters. The van der Waals surface area contributed by atoms with Crippen LogP contribution in [0.5, 0.6) is 0 Å². The van der Waals surface area contributed by atoms with E-state index in [0.717, 1.165) is 0 Å². The minimum atomic E-state index is -0.602. The lowest BCUT2D eigenvalue weighted by atomic mass is 10.0. The molecule has 2 aromatic rings. The summed E-state index contributed by atoms with van der Waals surface area (Å²) in [6, 6.07) is 11.0. The normalized spacial score (nSPS) is 14.4. The first-order valence-corrected chi connectivity index (χ1v) is 8.95. The maximum absolute atomic E-state index is 14.3.